The molecule has 4 rings (SSSR count). The normalized spacial score (nSPS) is 17.2. The lowest BCUT2D eigenvalue weighted by atomic mass is 9.92. The van der Waals surface area contributed by atoms with Crippen LogP contribution in [0.15, 0.2) is 51.4 Å². The molecule has 0 amide bonds. The van der Waals surface area contributed by atoms with Crippen LogP contribution < -0.4 is 17.2 Å². The Morgan fingerprint density at radius 3 is 1.19 bits per heavy atom. The fourth-order valence-electron chi connectivity index (χ4n) is 4.31. The lowest BCUT2D eigenvalue weighted by Gasteiger charge is -2.19. The highest BCUT2D eigenvalue weighted by molar-refractivity contribution is 6.62. The Hall–Kier alpha value is -4.26. The number of benzene rings is 3. The molecule has 7 heteroatoms. The van der Waals surface area contributed by atoms with E-state index in [0.717, 1.165) is 56.1 Å². The molecule has 37 heavy (non-hydrogen) atoms. The summed E-state index contributed by atoms with van der Waals surface area (Å²) in [6.07, 6.45) is 0.386. The highest BCUT2D eigenvalue weighted by Crippen LogP contribution is 2.31. The lowest BCUT2D eigenvalue weighted by molar-refractivity contribution is -0.112. The number of carbonyl (C=O) groups excluding carboxylic acids is 1. The van der Waals surface area contributed by atoms with Crippen molar-refractivity contribution in [2.75, 3.05) is 17.2 Å². The first-order valence-corrected chi connectivity index (χ1v) is 12.3. The van der Waals surface area contributed by atoms with Crippen LogP contribution in [-0.4, -0.2) is 22.9 Å². The van der Waals surface area contributed by atoms with Crippen molar-refractivity contribution in [3.8, 4) is 0 Å². The van der Waals surface area contributed by atoms with Crippen LogP contribution in [-0.2, 0) is 4.79 Å². The molecule has 1 saturated carbocycles. The van der Waals surface area contributed by atoms with Gasteiger partial charge < -0.3 is 17.2 Å². The maximum atomic E-state index is 13.3. The number of hydrogen-bond acceptors (Lipinski definition) is 7. The van der Waals surface area contributed by atoms with E-state index in [1.165, 1.54) is 0 Å². The monoisotopic (exact) mass is 494 g/mol. The number of carbonyl (C=O) groups is 1. The molecule has 3 aromatic rings. The van der Waals surface area contributed by atoms with Crippen molar-refractivity contribution in [2.24, 2.45) is 15.0 Å². The van der Waals surface area contributed by atoms with Gasteiger partial charge in [0.15, 0.2) is 5.78 Å². The van der Waals surface area contributed by atoms with Crippen LogP contribution in [0.4, 0.5) is 34.1 Å². The first kappa shape index (κ1) is 25.8. The van der Waals surface area contributed by atoms with E-state index in [2.05, 4.69) is 0 Å². The van der Waals surface area contributed by atoms with E-state index < -0.39 is 0 Å². The van der Waals surface area contributed by atoms with Crippen molar-refractivity contribution in [2.45, 2.75) is 54.4 Å². The van der Waals surface area contributed by atoms with Crippen LogP contribution in [0.1, 0.15) is 46.2 Å². The summed E-state index contributed by atoms with van der Waals surface area (Å²) in [5, 5.41) is 0. The van der Waals surface area contributed by atoms with Crippen LogP contribution in [0.3, 0.4) is 0 Å². The smallest absolute Gasteiger partial charge is 0.183 e. The Balaban J connectivity index is 1.86. The molecule has 0 unspecified atom stereocenters. The third-order valence-electron chi connectivity index (χ3n) is 7.49. The van der Waals surface area contributed by atoms with Crippen molar-refractivity contribution in [1.82, 2.24) is 0 Å². The summed E-state index contributed by atoms with van der Waals surface area (Å²) < 4.78 is 0. The maximum Gasteiger partial charge on any atom is 0.183 e. The predicted octanol–water partition coefficient (Wildman–Crippen LogP) is 6.26. The molecule has 0 aromatic heterocycles. The molecule has 1 fully saturated rings. The standard InChI is InChI=1S/C30H34N6O/c1-15-18(4)24(10-7-21(15)31)34-27-13-29(36-26-12-9-23(33)17(3)20(26)6)30(37)14-28(27)35-25-11-8-22(32)16(2)19(25)5/h7-12H,13-14,31-33H2,1-6H3. The molecule has 1 aliphatic rings. The Labute approximate surface area is 218 Å². The SMILES string of the molecule is Cc1c(N)ccc(N=C2CC(=Nc3ccc(N)c(C)c3C)C(=Nc3ccc(N)c(C)c3C)CC2=O)c1C. The minimum Gasteiger partial charge on any atom is -0.399 e. The van der Waals surface area contributed by atoms with Crippen LogP contribution in [0.25, 0.3) is 0 Å². The molecule has 0 atom stereocenters. The van der Waals surface area contributed by atoms with Gasteiger partial charge in [0, 0.05) is 23.5 Å². The second kappa shape index (κ2) is 10.0. The van der Waals surface area contributed by atoms with Gasteiger partial charge in [-0.15, -0.1) is 0 Å². The number of nitrogens with two attached hydrogens (primary N) is 3. The summed E-state index contributed by atoms with van der Waals surface area (Å²) in [4.78, 5) is 28.0. The highest BCUT2D eigenvalue weighted by Gasteiger charge is 2.28. The topological polar surface area (TPSA) is 132 Å². The summed E-state index contributed by atoms with van der Waals surface area (Å²) in [6, 6.07) is 11.2. The second-order valence-electron chi connectivity index (χ2n) is 9.72. The van der Waals surface area contributed by atoms with Crippen molar-refractivity contribution >= 4 is 57.0 Å². The number of aliphatic imine (C=N–C) groups is 3. The third kappa shape index (κ3) is 5.03. The number of Topliss-reactive ketones (excluding diaryl/α,β-unsaturated/α-hetero) is 1. The van der Waals surface area contributed by atoms with E-state index in [4.69, 9.17) is 32.2 Å². The molecule has 1 aliphatic carbocycles. The van der Waals surface area contributed by atoms with Gasteiger partial charge in [-0.25, -0.2) is 4.99 Å². The van der Waals surface area contributed by atoms with Crippen molar-refractivity contribution < 1.29 is 4.79 Å². The molecule has 7 nitrogen and oxygen atoms in total. The first-order chi connectivity index (χ1) is 17.5. The molecule has 6 N–H and O–H groups in total. The van der Waals surface area contributed by atoms with E-state index in [9.17, 15) is 4.79 Å². The number of rotatable bonds is 3. The molecule has 190 valence electrons. The third-order valence-corrected chi connectivity index (χ3v) is 7.49. The number of ketones is 1. The van der Waals surface area contributed by atoms with E-state index >= 15 is 0 Å². The van der Waals surface area contributed by atoms with Gasteiger partial charge in [0.05, 0.1) is 40.6 Å². The average molecular weight is 495 g/mol. The molecule has 0 heterocycles. The first-order valence-electron chi connectivity index (χ1n) is 12.3. The zero-order chi connectivity index (χ0) is 27.0. The van der Waals surface area contributed by atoms with Gasteiger partial charge in [0.2, 0.25) is 0 Å². The Morgan fingerprint density at radius 1 is 0.486 bits per heavy atom. The van der Waals surface area contributed by atoms with Crippen LogP contribution in [0, 0.1) is 41.5 Å². The summed E-state index contributed by atoms with van der Waals surface area (Å²) in [5.41, 5.74) is 30.3. The maximum absolute atomic E-state index is 13.3. The highest BCUT2D eigenvalue weighted by atomic mass is 16.1. The predicted molar refractivity (Wildman–Crippen MR) is 157 cm³/mol. The Morgan fingerprint density at radius 2 is 0.811 bits per heavy atom. The van der Waals surface area contributed by atoms with Crippen LogP contribution in [0.5, 0.6) is 0 Å². The molecule has 0 bridgehead atoms. The van der Waals surface area contributed by atoms with Crippen LogP contribution >= 0.6 is 0 Å². The fraction of sp³-hybridized carbons (Fsp3) is 0.267. The van der Waals surface area contributed by atoms with E-state index in [1.807, 2.05) is 77.9 Å². The molecule has 0 saturated heterocycles. The molecule has 0 radical (unpaired) electrons. The van der Waals surface area contributed by atoms with Gasteiger partial charge in [-0.3, -0.25) is 14.8 Å². The average Bonchev–Trinajstić information content (AvgIpc) is 2.87. The number of hydrogen-bond donors (Lipinski definition) is 3. The number of nitrogens with zero attached hydrogens (tertiary/aromatic N) is 3. The minimum atomic E-state index is -0.0680. The Bertz CT molecular complexity index is 1530. The molecule has 0 aliphatic heterocycles. The van der Waals surface area contributed by atoms with Gasteiger partial charge in [0.1, 0.15) is 0 Å². The second-order valence-corrected chi connectivity index (χ2v) is 9.72. The van der Waals surface area contributed by atoms with Gasteiger partial charge in [-0.05, 0) is 111 Å². The fourth-order valence-corrected chi connectivity index (χ4v) is 4.31. The van der Waals surface area contributed by atoms with Crippen molar-refractivity contribution in [1.29, 1.82) is 0 Å². The zero-order valence-electron chi connectivity index (χ0n) is 22.4. The number of anilines is 3. The quantitative estimate of drug-likeness (QED) is 0.370. The zero-order valence-corrected chi connectivity index (χ0v) is 22.4. The molecular weight excluding hydrogens is 460 g/mol. The largest absolute Gasteiger partial charge is 0.399 e. The Kier molecular flexibility index (Phi) is 6.99. The van der Waals surface area contributed by atoms with Crippen molar-refractivity contribution in [3.05, 3.63) is 69.8 Å². The summed E-state index contributed by atoms with van der Waals surface area (Å²) in [7, 11) is 0. The van der Waals surface area contributed by atoms with E-state index in [1.54, 1.807) is 0 Å². The van der Waals surface area contributed by atoms with Gasteiger partial charge in [-0.2, -0.15) is 0 Å². The van der Waals surface area contributed by atoms with Gasteiger partial charge >= 0.3 is 0 Å². The number of nitrogen functional groups attached to an aromatic ring is 3. The summed E-state index contributed by atoms with van der Waals surface area (Å²) >= 11 is 0. The molecule has 3 aromatic carbocycles. The van der Waals surface area contributed by atoms with E-state index in [0.29, 0.717) is 28.5 Å². The van der Waals surface area contributed by atoms with Gasteiger partial charge in [0.25, 0.3) is 0 Å². The van der Waals surface area contributed by atoms with E-state index in [-0.39, 0.29) is 18.6 Å². The molecular formula is C30H34N6O. The minimum absolute atomic E-state index is 0.0680. The van der Waals surface area contributed by atoms with Crippen molar-refractivity contribution in [3.63, 3.8) is 0 Å². The van der Waals surface area contributed by atoms with Gasteiger partial charge in [-0.1, -0.05) is 0 Å². The summed E-state index contributed by atoms with van der Waals surface area (Å²) in [5.74, 6) is -0.0680. The lowest BCUT2D eigenvalue weighted by Crippen LogP contribution is -2.33. The molecule has 0 spiro atoms. The van der Waals surface area contributed by atoms with Crippen LogP contribution in [0.2, 0.25) is 0 Å². The summed E-state index contributed by atoms with van der Waals surface area (Å²) in [6.45, 7) is 11.9.